The molecule has 1 aromatic carbocycles. The van der Waals surface area contributed by atoms with Crippen LogP contribution in [0.3, 0.4) is 0 Å². The van der Waals surface area contributed by atoms with Gasteiger partial charge in [-0.2, -0.15) is 0 Å². The first-order valence-corrected chi connectivity index (χ1v) is 3.02. The van der Waals surface area contributed by atoms with E-state index in [4.69, 9.17) is 0 Å². The third-order valence-corrected chi connectivity index (χ3v) is 1.33. The molecule has 1 nitrogen and oxygen atoms in total. The van der Waals surface area contributed by atoms with E-state index >= 15 is 0 Å². The van der Waals surface area contributed by atoms with Crippen LogP contribution >= 0.6 is 12.6 Å². The van der Waals surface area contributed by atoms with Crippen molar-refractivity contribution >= 4 is 48.5 Å². The third-order valence-electron chi connectivity index (χ3n) is 1.03. The molecular formula is C7H7NaOS. The van der Waals surface area contributed by atoms with Gasteiger partial charge in [-0.1, -0.05) is 12.1 Å². The fourth-order valence-corrected chi connectivity index (χ4v) is 0.702. The van der Waals surface area contributed by atoms with Crippen LogP contribution in [0.5, 0.6) is 0 Å². The Balaban J connectivity index is 0.000000810. The molecule has 0 saturated heterocycles. The van der Waals surface area contributed by atoms with E-state index in [1.807, 2.05) is 0 Å². The van der Waals surface area contributed by atoms with Crippen molar-refractivity contribution in [3.05, 3.63) is 29.8 Å². The van der Waals surface area contributed by atoms with E-state index in [0.717, 1.165) is 11.2 Å². The fourth-order valence-electron chi connectivity index (χ4n) is 0.553. The summed E-state index contributed by atoms with van der Waals surface area (Å²) in [5.41, 5.74) is 0.688. The molecule has 0 bridgehead atoms. The van der Waals surface area contributed by atoms with Crippen molar-refractivity contribution in [1.29, 1.82) is 0 Å². The van der Waals surface area contributed by atoms with Gasteiger partial charge in [-0.05, 0) is 12.1 Å². The first-order chi connectivity index (χ1) is 4.33. The summed E-state index contributed by atoms with van der Waals surface area (Å²) in [6.45, 7) is 0. The Morgan fingerprint density at radius 2 is 1.70 bits per heavy atom. The Kier molecular flexibility index (Phi) is 5.09. The molecular weight excluding hydrogens is 155 g/mol. The van der Waals surface area contributed by atoms with Gasteiger partial charge in [-0.3, -0.25) is 4.79 Å². The van der Waals surface area contributed by atoms with Crippen LogP contribution in [0.2, 0.25) is 0 Å². The fraction of sp³-hybridized carbons (Fsp3) is 0. The minimum atomic E-state index is 0. The zero-order valence-electron chi connectivity index (χ0n) is 4.74. The Morgan fingerprint density at radius 3 is 2.10 bits per heavy atom. The second-order valence-electron chi connectivity index (χ2n) is 1.71. The Labute approximate surface area is 87.5 Å². The van der Waals surface area contributed by atoms with Gasteiger partial charge in [0, 0.05) is 10.5 Å². The molecule has 1 aromatic rings. The summed E-state index contributed by atoms with van der Waals surface area (Å²) < 4.78 is 0. The van der Waals surface area contributed by atoms with E-state index in [1.165, 1.54) is 0 Å². The SMILES string of the molecule is O=Cc1ccc(S)cc1.[NaH]. The predicted molar refractivity (Wildman–Crippen MR) is 46.2 cm³/mol. The average molecular weight is 162 g/mol. The van der Waals surface area contributed by atoms with Gasteiger partial charge in [0.25, 0.3) is 0 Å². The molecule has 10 heavy (non-hydrogen) atoms. The van der Waals surface area contributed by atoms with E-state index < -0.39 is 0 Å². The second-order valence-corrected chi connectivity index (χ2v) is 2.23. The van der Waals surface area contributed by atoms with Gasteiger partial charge in [0.05, 0.1) is 0 Å². The number of carbonyl (C=O) groups is 1. The number of carbonyl (C=O) groups excluding carboxylic acids is 1. The van der Waals surface area contributed by atoms with Gasteiger partial charge >= 0.3 is 29.6 Å². The average Bonchev–Trinajstić information content (AvgIpc) is 1.90. The Morgan fingerprint density at radius 1 is 1.20 bits per heavy atom. The van der Waals surface area contributed by atoms with Gasteiger partial charge < -0.3 is 0 Å². The van der Waals surface area contributed by atoms with E-state index in [0.29, 0.717) is 5.56 Å². The second kappa shape index (κ2) is 4.97. The number of hydrogen-bond acceptors (Lipinski definition) is 2. The summed E-state index contributed by atoms with van der Waals surface area (Å²) in [6.07, 6.45) is 0.813. The van der Waals surface area contributed by atoms with Crippen LogP contribution in [0.1, 0.15) is 10.4 Å². The van der Waals surface area contributed by atoms with Crippen molar-refractivity contribution in [2.75, 3.05) is 0 Å². The maximum absolute atomic E-state index is 10.1. The van der Waals surface area contributed by atoms with Crippen LogP contribution < -0.4 is 0 Å². The van der Waals surface area contributed by atoms with Crippen LogP contribution in [-0.4, -0.2) is 35.8 Å². The standard InChI is InChI=1S/C7H6OS.Na.H/c8-5-6-1-3-7(9)4-2-6;;/h1-5,9H;;. The summed E-state index contributed by atoms with van der Waals surface area (Å²) in [4.78, 5) is 11.0. The summed E-state index contributed by atoms with van der Waals surface area (Å²) in [5, 5.41) is 0. The number of benzene rings is 1. The van der Waals surface area contributed by atoms with E-state index in [1.54, 1.807) is 24.3 Å². The van der Waals surface area contributed by atoms with Gasteiger partial charge in [0.1, 0.15) is 6.29 Å². The molecule has 0 aliphatic heterocycles. The van der Waals surface area contributed by atoms with Gasteiger partial charge in [-0.15, -0.1) is 12.6 Å². The van der Waals surface area contributed by atoms with Gasteiger partial charge in [0.2, 0.25) is 0 Å². The monoisotopic (exact) mass is 162 g/mol. The van der Waals surface area contributed by atoms with Crippen molar-refractivity contribution < 1.29 is 4.79 Å². The summed E-state index contributed by atoms with van der Waals surface area (Å²) >= 11 is 4.05. The number of hydrogen-bond donors (Lipinski definition) is 1. The van der Waals surface area contributed by atoms with Crippen LogP contribution in [-0.2, 0) is 0 Å². The minimum absolute atomic E-state index is 0. The third kappa shape index (κ3) is 2.88. The first-order valence-electron chi connectivity index (χ1n) is 2.57. The molecule has 0 fully saturated rings. The van der Waals surface area contributed by atoms with Crippen molar-refractivity contribution in [3.63, 3.8) is 0 Å². The van der Waals surface area contributed by atoms with Crippen LogP contribution in [0, 0.1) is 0 Å². The molecule has 0 aliphatic carbocycles. The molecule has 0 aromatic heterocycles. The molecule has 0 saturated carbocycles. The summed E-state index contributed by atoms with van der Waals surface area (Å²) in [6, 6.07) is 7.03. The van der Waals surface area contributed by atoms with Crippen molar-refractivity contribution in [2.45, 2.75) is 4.90 Å². The predicted octanol–water partition coefficient (Wildman–Crippen LogP) is 1.14. The zero-order valence-corrected chi connectivity index (χ0v) is 5.64. The van der Waals surface area contributed by atoms with E-state index in [2.05, 4.69) is 12.6 Å². The normalized spacial score (nSPS) is 8.10. The molecule has 1 rings (SSSR count). The molecule has 3 heteroatoms. The van der Waals surface area contributed by atoms with Crippen LogP contribution in [0.4, 0.5) is 0 Å². The first kappa shape index (κ1) is 10.2. The molecule has 48 valence electrons. The van der Waals surface area contributed by atoms with Crippen molar-refractivity contribution in [1.82, 2.24) is 0 Å². The van der Waals surface area contributed by atoms with Gasteiger partial charge in [0.15, 0.2) is 0 Å². The molecule has 0 radical (unpaired) electrons. The van der Waals surface area contributed by atoms with E-state index in [-0.39, 0.29) is 29.6 Å². The van der Waals surface area contributed by atoms with Crippen LogP contribution in [0.15, 0.2) is 29.2 Å². The summed E-state index contributed by atoms with van der Waals surface area (Å²) in [5.74, 6) is 0. The number of rotatable bonds is 1. The molecule has 0 N–H and O–H groups in total. The number of thiol groups is 1. The number of aldehydes is 1. The van der Waals surface area contributed by atoms with Crippen molar-refractivity contribution in [3.8, 4) is 0 Å². The van der Waals surface area contributed by atoms with Crippen molar-refractivity contribution in [2.24, 2.45) is 0 Å². The maximum atomic E-state index is 10.1. The summed E-state index contributed by atoms with van der Waals surface area (Å²) in [7, 11) is 0. The molecule has 0 spiro atoms. The zero-order chi connectivity index (χ0) is 6.69. The van der Waals surface area contributed by atoms with E-state index in [9.17, 15) is 4.79 Å². The van der Waals surface area contributed by atoms with Crippen LogP contribution in [0.25, 0.3) is 0 Å². The molecule has 0 amide bonds. The molecule has 0 heterocycles. The Bertz CT molecular complexity index is 207. The Hall–Kier alpha value is 0.240. The topological polar surface area (TPSA) is 17.1 Å². The molecule has 0 aliphatic rings. The quantitative estimate of drug-likeness (QED) is 0.372. The van der Waals surface area contributed by atoms with Gasteiger partial charge in [-0.25, -0.2) is 0 Å². The molecule has 0 unspecified atom stereocenters. The molecule has 0 atom stereocenters.